The molecule has 1 aromatic carbocycles. The highest BCUT2D eigenvalue weighted by molar-refractivity contribution is 5.56. The van der Waals surface area contributed by atoms with Gasteiger partial charge in [0.1, 0.15) is 17.4 Å². The van der Waals surface area contributed by atoms with Gasteiger partial charge in [0.15, 0.2) is 0 Å². The second-order valence-corrected chi connectivity index (χ2v) is 6.49. The van der Waals surface area contributed by atoms with Gasteiger partial charge in [0.25, 0.3) is 11.2 Å². The lowest BCUT2D eigenvalue weighted by Crippen LogP contribution is -2.33. The van der Waals surface area contributed by atoms with Crippen LogP contribution in [0.1, 0.15) is 43.0 Å². The van der Waals surface area contributed by atoms with E-state index >= 15 is 0 Å². The molecule has 1 unspecified atom stereocenters. The number of allylic oxidation sites excluding steroid dienone is 1. The van der Waals surface area contributed by atoms with Gasteiger partial charge < -0.3 is 15.0 Å². The fraction of sp³-hybridized carbons (Fsp3) is 0.300. The van der Waals surface area contributed by atoms with Crippen molar-refractivity contribution in [2.75, 3.05) is 0 Å². The molecule has 1 aliphatic heterocycles. The molecule has 8 heteroatoms. The van der Waals surface area contributed by atoms with Gasteiger partial charge in [-0.3, -0.25) is 14.9 Å². The number of benzene rings is 1. The normalized spacial score (nSPS) is 15.5. The van der Waals surface area contributed by atoms with Crippen molar-refractivity contribution < 1.29 is 9.66 Å². The standard InChI is InChI=1S/C20H20N4O4/c1-3-6-13-10-16-18(20(25)23(13)4-2)17(15(11-21)19(22)28-16)12-7-5-8-14(9-12)24(26)27/h5,7-10,17H,3-4,6,22H2,1-2H3. The van der Waals surface area contributed by atoms with Crippen LogP contribution < -0.4 is 16.0 Å². The molecule has 0 radical (unpaired) electrons. The summed E-state index contributed by atoms with van der Waals surface area (Å²) in [6, 6.07) is 9.67. The molecule has 2 N–H and O–H groups in total. The summed E-state index contributed by atoms with van der Waals surface area (Å²) in [6.45, 7) is 4.34. The fourth-order valence-corrected chi connectivity index (χ4v) is 3.58. The van der Waals surface area contributed by atoms with E-state index in [9.17, 15) is 20.2 Å². The molecule has 0 saturated carbocycles. The number of nitro groups is 1. The Morgan fingerprint density at radius 2 is 2.11 bits per heavy atom. The van der Waals surface area contributed by atoms with Gasteiger partial charge in [0, 0.05) is 30.4 Å². The third-order valence-electron chi connectivity index (χ3n) is 4.81. The maximum absolute atomic E-state index is 13.3. The predicted octanol–water partition coefficient (Wildman–Crippen LogP) is 2.95. The zero-order valence-corrected chi connectivity index (χ0v) is 15.6. The average Bonchev–Trinajstić information content (AvgIpc) is 2.67. The number of nitro benzene ring substituents is 1. The lowest BCUT2D eigenvalue weighted by Gasteiger charge is -2.27. The zero-order valence-electron chi connectivity index (χ0n) is 15.6. The summed E-state index contributed by atoms with van der Waals surface area (Å²) in [5, 5.41) is 20.8. The molecule has 1 aromatic heterocycles. The second kappa shape index (κ2) is 7.56. The summed E-state index contributed by atoms with van der Waals surface area (Å²) < 4.78 is 7.27. The summed E-state index contributed by atoms with van der Waals surface area (Å²) in [7, 11) is 0. The Hall–Kier alpha value is -3.60. The van der Waals surface area contributed by atoms with Gasteiger partial charge in [-0.15, -0.1) is 0 Å². The number of nitriles is 1. The molecule has 3 rings (SSSR count). The number of nitrogens with two attached hydrogens (primary N) is 1. The molecule has 2 aromatic rings. The first-order valence-corrected chi connectivity index (χ1v) is 9.01. The quantitative estimate of drug-likeness (QED) is 0.628. The van der Waals surface area contributed by atoms with Crippen LogP contribution in [0, 0.1) is 21.4 Å². The lowest BCUT2D eigenvalue weighted by molar-refractivity contribution is -0.384. The Kier molecular flexibility index (Phi) is 5.18. The highest BCUT2D eigenvalue weighted by Gasteiger charge is 2.35. The van der Waals surface area contributed by atoms with Gasteiger partial charge in [-0.2, -0.15) is 5.26 Å². The van der Waals surface area contributed by atoms with Crippen LogP contribution in [-0.2, 0) is 13.0 Å². The van der Waals surface area contributed by atoms with Crippen molar-refractivity contribution >= 4 is 5.69 Å². The summed E-state index contributed by atoms with van der Waals surface area (Å²) >= 11 is 0. The topological polar surface area (TPSA) is 124 Å². The summed E-state index contributed by atoms with van der Waals surface area (Å²) in [4.78, 5) is 24.0. The van der Waals surface area contributed by atoms with E-state index in [4.69, 9.17) is 10.5 Å². The number of rotatable bonds is 5. The van der Waals surface area contributed by atoms with E-state index in [-0.39, 0.29) is 28.3 Å². The Bertz CT molecular complexity index is 1080. The summed E-state index contributed by atoms with van der Waals surface area (Å²) in [5.41, 5.74) is 7.17. The Morgan fingerprint density at radius 3 is 2.71 bits per heavy atom. The van der Waals surface area contributed by atoms with Gasteiger partial charge in [0.2, 0.25) is 5.88 Å². The second-order valence-electron chi connectivity index (χ2n) is 6.49. The first-order chi connectivity index (χ1) is 13.4. The van der Waals surface area contributed by atoms with E-state index in [1.54, 1.807) is 16.7 Å². The molecular formula is C20H20N4O4. The molecule has 0 spiro atoms. The van der Waals surface area contributed by atoms with Crippen molar-refractivity contribution in [2.45, 2.75) is 39.2 Å². The number of nitrogens with zero attached hydrogens (tertiary/aromatic N) is 3. The largest absolute Gasteiger partial charge is 0.440 e. The lowest BCUT2D eigenvalue weighted by atomic mass is 9.83. The van der Waals surface area contributed by atoms with E-state index < -0.39 is 10.8 Å². The van der Waals surface area contributed by atoms with Crippen molar-refractivity contribution in [1.82, 2.24) is 4.57 Å². The van der Waals surface area contributed by atoms with Gasteiger partial charge >= 0.3 is 0 Å². The van der Waals surface area contributed by atoms with Gasteiger partial charge in [-0.05, 0) is 18.9 Å². The Morgan fingerprint density at radius 1 is 1.36 bits per heavy atom. The maximum atomic E-state index is 13.3. The molecular weight excluding hydrogens is 360 g/mol. The van der Waals surface area contributed by atoms with Crippen molar-refractivity contribution in [3.63, 3.8) is 0 Å². The van der Waals surface area contributed by atoms with Crippen molar-refractivity contribution in [3.8, 4) is 11.8 Å². The molecule has 2 heterocycles. The third kappa shape index (κ3) is 3.11. The van der Waals surface area contributed by atoms with Crippen LogP contribution in [-0.4, -0.2) is 9.49 Å². The summed E-state index contributed by atoms with van der Waals surface area (Å²) in [5.74, 6) is -0.622. The number of aromatic nitrogens is 1. The smallest absolute Gasteiger partial charge is 0.269 e. The monoisotopic (exact) mass is 380 g/mol. The van der Waals surface area contributed by atoms with E-state index in [0.29, 0.717) is 24.3 Å². The van der Waals surface area contributed by atoms with Crippen LogP contribution in [0.4, 0.5) is 5.69 Å². The van der Waals surface area contributed by atoms with E-state index in [0.717, 1.165) is 12.1 Å². The minimum absolute atomic E-state index is 0.0657. The molecule has 0 aliphatic carbocycles. The first-order valence-electron chi connectivity index (χ1n) is 9.01. The minimum Gasteiger partial charge on any atom is -0.440 e. The molecule has 28 heavy (non-hydrogen) atoms. The van der Waals surface area contributed by atoms with Crippen molar-refractivity contribution in [3.05, 3.63) is 79.1 Å². The van der Waals surface area contributed by atoms with Gasteiger partial charge in [-0.1, -0.05) is 25.5 Å². The van der Waals surface area contributed by atoms with E-state index in [1.165, 1.54) is 18.2 Å². The van der Waals surface area contributed by atoms with Crippen LogP contribution in [0.5, 0.6) is 5.75 Å². The van der Waals surface area contributed by atoms with Crippen molar-refractivity contribution in [1.29, 1.82) is 5.26 Å². The van der Waals surface area contributed by atoms with Gasteiger partial charge in [-0.25, -0.2) is 0 Å². The van der Waals surface area contributed by atoms with Crippen LogP contribution in [0.2, 0.25) is 0 Å². The van der Waals surface area contributed by atoms with Crippen LogP contribution in [0.15, 0.2) is 46.6 Å². The van der Waals surface area contributed by atoms with Crippen molar-refractivity contribution in [2.24, 2.45) is 5.73 Å². The van der Waals surface area contributed by atoms with Crippen LogP contribution in [0.3, 0.4) is 0 Å². The minimum atomic E-state index is -0.824. The predicted molar refractivity (Wildman–Crippen MR) is 103 cm³/mol. The number of non-ortho nitro benzene ring substituents is 1. The molecule has 1 aliphatic rings. The molecule has 0 fully saturated rings. The Balaban J connectivity index is 2.32. The number of ether oxygens (including phenoxy) is 1. The molecule has 144 valence electrons. The van der Waals surface area contributed by atoms with Crippen LogP contribution >= 0.6 is 0 Å². The third-order valence-corrected chi connectivity index (χ3v) is 4.81. The Labute approximate surface area is 161 Å². The highest BCUT2D eigenvalue weighted by Crippen LogP contribution is 2.41. The zero-order chi connectivity index (χ0) is 20.4. The number of hydrogen-bond acceptors (Lipinski definition) is 6. The molecule has 0 saturated heterocycles. The first kappa shape index (κ1) is 19.2. The van der Waals surface area contributed by atoms with E-state index in [2.05, 4.69) is 0 Å². The number of hydrogen-bond donors (Lipinski definition) is 1. The summed E-state index contributed by atoms with van der Waals surface area (Å²) in [6.07, 6.45) is 1.54. The number of fused-ring (bicyclic) bond motifs is 1. The molecule has 1 atom stereocenters. The van der Waals surface area contributed by atoms with E-state index in [1.807, 2.05) is 19.9 Å². The molecule has 0 amide bonds. The number of aryl methyl sites for hydroxylation is 1. The van der Waals surface area contributed by atoms with Crippen LogP contribution in [0.25, 0.3) is 0 Å². The fourth-order valence-electron chi connectivity index (χ4n) is 3.58. The average molecular weight is 380 g/mol. The van der Waals surface area contributed by atoms with Gasteiger partial charge in [0.05, 0.1) is 16.4 Å². The molecule has 0 bridgehead atoms. The highest BCUT2D eigenvalue weighted by atomic mass is 16.6. The SMILES string of the molecule is CCCc1cc2c(c(=O)n1CC)C(c1cccc([N+](=O)[O-])c1)C(C#N)=C(N)O2. The molecule has 8 nitrogen and oxygen atoms in total. The number of pyridine rings is 1. The maximum Gasteiger partial charge on any atom is 0.269 e.